The Morgan fingerprint density at radius 1 is 1.78 bits per heavy atom. The first-order chi connectivity index (χ1) is 4.01. The van der Waals surface area contributed by atoms with Crippen LogP contribution >= 0.6 is 11.6 Å². The van der Waals surface area contributed by atoms with Crippen LogP contribution in [0.1, 0.15) is 6.92 Å². The minimum atomic E-state index is -2.94. The van der Waals surface area contributed by atoms with E-state index in [4.69, 9.17) is 11.6 Å². The van der Waals surface area contributed by atoms with Crippen LogP contribution in [0.5, 0.6) is 0 Å². The lowest BCUT2D eigenvalue weighted by Crippen LogP contribution is -2.05. The number of hydrogen-bond donors (Lipinski definition) is 0. The van der Waals surface area contributed by atoms with Gasteiger partial charge in [0.05, 0.1) is 11.1 Å². The average molecular weight is 167 g/mol. The van der Waals surface area contributed by atoms with Gasteiger partial charge in [0.15, 0.2) is 9.84 Å². The first-order valence-electron chi connectivity index (χ1n) is 2.56. The van der Waals surface area contributed by atoms with Crippen molar-refractivity contribution in [1.29, 1.82) is 0 Å². The molecule has 1 aliphatic heterocycles. The Hall–Kier alpha value is -0.0200. The predicted octanol–water partition coefficient (Wildman–Crippen LogP) is 0.926. The molecular weight excluding hydrogens is 160 g/mol. The van der Waals surface area contributed by atoms with Gasteiger partial charge in [0.1, 0.15) is 0 Å². The summed E-state index contributed by atoms with van der Waals surface area (Å²) >= 11 is 5.60. The van der Waals surface area contributed by atoms with E-state index in [0.29, 0.717) is 0 Å². The molecule has 0 amide bonds. The van der Waals surface area contributed by atoms with Crippen molar-refractivity contribution >= 4 is 21.4 Å². The molecule has 0 fully saturated rings. The zero-order valence-corrected chi connectivity index (χ0v) is 6.54. The molecule has 0 aromatic carbocycles. The fraction of sp³-hybridized carbons (Fsp3) is 0.600. The van der Waals surface area contributed by atoms with Gasteiger partial charge in [-0.2, -0.15) is 0 Å². The second-order valence-electron chi connectivity index (χ2n) is 2.16. The average Bonchev–Trinajstić information content (AvgIpc) is 1.79. The van der Waals surface area contributed by atoms with Crippen molar-refractivity contribution in [3.05, 3.63) is 11.0 Å². The number of allylic oxidation sites excluding steroid dienone is 1. The van der Waals surface area contributed by atoms with E-state index in [1.54, 1.807) is 6.92 Å². The summed E-state index contributed by atoms with van der Waals surface area (Å²) in [6.45, 7) is 1.72. The summed E-state index contributed by atoms with van der Waals surface area (Å²) in [4.78, 5) is 0. The zero-order chi connectivity index (χ0) is 7.07. The molecule has 0 aliphatic carbocycles. The summed E-state index contributed by atoms with van der Waals surface area (Å²) in [7, 11) is -2.94. The molecule has 0 radical (unpaired) electrons. The molecule has 0 aromatic heterocycles. The topological polar surface area (TPSA) is 34.1 Å². The second-order valence-corrected chi connectivity index (χ2v) is 4.58. The maximum atomic E-state index is 10.7. The molecule has 1 rings (SSSR count). The van der Waals surface area contributed by atoms with Gasteiger partial charge in [-0.3, -0.25) is 0 Å². The summed E-state index contributed by atoms with van der Waals surface area (Å²) < 4.78 is 21.4. The molecule has 9 heavy (non-hydrogen) atoms. The van der Waals surface area contributed by atoms with Crippen LogP contribution < -0.4 is 0 Å². The third-order valence-corrected chi connectivity index (χ3v) is 3.45. The molecule has 1 heterocycles. The highest BCUT2D eigenvalue weighted by molar-refractivity contribution is 7.94. The van der Waals surface area contributed by atoms with Crippen LogP contribution in [0.3, 0.4) is 0 Å². The van der Waals surface area contributed by atoms with E-state index in [1.807, 2.05) is 0 Å². The Labute approximate surface area is 59.4 Å². The lowest BCUT2D eigenvalue weighted by Gasteiger charge is -1.94. The van der Waals surface area contributed by atoms with Crippen molar-refractivity contribution in [1.82, 2.24) is 0 Å². The first-order valence-corrected chi connectivity index (χ1v) is 4.71. The lowest BCUT2D eigenvalue weighted by atomic mass is 10.3. The summed E-state index contributed by atoms with van der Waals surface area (Å²) in [5.41, 5.74) is 0.747. The summed E-state index contributed by atoms with van der Waals surface area (Å²) in [5.74, 6) is 0.0698. The maximum Gasteiger partial charge on any atom is 0.173 e. The van der Waals surface area contributed by atoms with Crippen molar-refractivity contribution in [2.45, 2.75) is 12.3 Å². The van der Waals surface area contributed by atoms with Gasteiger partial charge in [0, 0.05) is 5.41 Å². The van der Waals surface area contributed by atoms with E-state index >= 15 is 0 Å². The largest absolute Gasteiger partial charge is 0.224 e. The molecule has 4 heteroatoms. The van der Waals surface area contributed by atoms with Gasteiger partial charge < -0.3 is 0 Å². The Balaban J connectivity index is 3.01. The van der Waals surface area contributed by atoms with Gasteiger partial charge in [0.25, 0.3) is 0 Å². The fourth-order valence-electron chi connectivity index (χ4n) is 0.741. The Kier molecular flexibility index (Phi) is 1.57. The minimum Gasteiger partial charge on any atom is -0.224 e. The molecule has 0 spiro atoms. The number of sulfone groups is 1. The molecule has 0 bridgehead atoms. The van der Waals surface area contributed by atoms with Gasteiger partial charge in [-0.05, 0) is 12.5 Å². The third kappa shape index (κ3) is 1.46. The van der Waals surface area contributed by atoms with Crippen LogP contribution in [0.4, 0.5) is 0 Å². The quantitative estimate of drug-likeness (QED) is 0.502. The van der Waals surface area contributed by atoms with Crippen LogP contribution in [0.15, 0.2) is 11.0 Å². The molecule has 2 nitrogen and oxygen atoms in total. The third-order valence-electron chi connectivity index (χ3n) is 1.24. The smallest absolute Gasteiger partial charge is 0.173 e. The van der Waals surface area contributed by atoms with Crippen LogP contribution in [0.2, 0.25) is 0 Å². The lowest BCUT2D eigenvalue weighted by molar-refractivity contribution is 0.606. The van der Waals surface area contributed by atoms with Crippen LogP contribution in [0.25, 0.3) is 0 Å². The minimum absolute atomic E-state index is 0.0698. The van der Waals surface area contributed by atoms with E-state index in [1.165, 1.54) is 5.41 Å². The SMILES string of the molecule is CC1=CS(=O)(=O)CC1Cl. The molecule has 1 unspecified atom stereocenters. The second kappa shape index (κ2) is 1.99. The molecular formula is C5H7ClO2S. The number of halogens is 1. The van der Waals surface area contributed by atoms with Crippen molar-refractivity contribution in [2.75, 3.05) is 5.75 Å². The summed E-state index contributed by atoms with van der Waals surface area (Å²) in [5, 5.41) is 0.944. The van der Waals surface area contributed by atoms with Crippen molar-refractivity contribution in [3.63, 3.8) is 0 Å². The van der Waals surface area contributed by atoms with E-state index in [-0.39, 0.29) is 11.1 Å². The summed E-state index contributed by atoms with van der Waals surface area (Å²) in [6.07, 6.45) is 0. The molecule has 0 N–H and O–H groups in total. The highest BCUT2D eigenvalue weighted by atomic mass is 35.5. The fourth-order valence-corrected chi connectivity index (χ4v) is 2.90. The molecule has 52 valence electrons. The monoisotopic (exact) mass is 166 g/mol. The van der Waals surface area contributed by atoms with Gasteiger partial charge in [-0.1, -0.05) is 0 Å². The van der Waals surface area contributed by atoms with Crippen LogP contribution in [-0.4, -0.2) is 19.5 Å². The normalized spacial score (nSPS) is 32.2. The molecule has 1 aliphatic rings. The maximum absolute atomic E-state index is 10.7. The highest BCUT2D eigenvalue weighted by Gasteiger charge is 2.24. The Morgan fingerprint density at radius 2 is 2.33 bits per heavy atom. The van der Waals surface area contributed by atoms with Crippen molar-refractivity contribution in [2.24, 2.45) is 0 Å². The van der Waals surface area contributed by atoms with E-state index in [9.17, 15) is 8.42 Å². The number of alkyl halides is 1. The molecule has 1 atom stereocenters. The van der Waals surface area contributed by atoms with E-state index < -0.39 is 9.84 Å². The predicted molar refractivity (Wildman–Crippen MR) is 37.2 cm³/mol. The van der Waals surface area contributed by atoms with Gasteiger partial charge in [-0.15, -0.1) is 11.6 Å². The Morgan fingerprint density at radius 3 is 2.44 bits per heavy atom. The van der Waals surface area contributed by atoms with Gasteiger partial charge >= 0.3 is 0 Å². The van der Waals surface area contributed by atoms with E-state index in [0.717, 1.165) is 5.57 Å². The number of hydrogen-bond acceptors (Lipinski definition) is 2. The standard InChI is InChI=1S/C5H7ClO2S/c1-4-2-9(7,8)3-5(4)6/h2,5H,3H2,1H3. The highest BCUT2D eigenvalue weighted by Crippen LogP contribution is 2.20. The molecule has 0 aromatic rings. The van der Waals surface area contributed by atoms with Crippen molar-refractivity contribution in [3.8, 4) is 0 Å². The molecule has 0 saturated carbocycles. The Bertz CT molecular complexity index is 240. The number of rotatable bonds is 0. The van der Waals surface area contributed by atoms with Crippen molar-refractivity contribution < 1.29 is 8.42 Å². The molecule has 0 saturated heterocycles. The van der Waals surface area contributed by atoms with Crippen LogP contribution in [-0.2, 0) is 9.84 Å². The van der Waals surface area contributed by atoms with Crippen LogP contribution in [0, 0.1) is 0 Å². The summed E-state index contributed by atoms with van der Waals surface area (Å²) in [6, 6.07) is 0. The first kappa shape index (κ1) is 7.09. The van der Waals surface area contributed by atoms with E-state index in [2.05, 4.69) is 0 Å². The zero-order valence-electron chi connectivity index (χ0n) is 4.96. The van der Waals surface area contributed by atoms with Gasteiger partial charge in [0.2, 0.25) is 0 Å². The van der Waals surface area contributed by atoms with Gasteiger partial charge in [-0.25, -0.2) is 8.42 Å².